The van der Waals surface area contributed by atoms with E-state index >= 15 is 0 Å². The highest BCUT2D eigenvalue weighted by Gasteiger charge is 2.20. The number of aryl methyl sites for hydroxylation is 2. The van der Waals surface area contributed by atoms with Gasteiger partial charge in [-0.05, 0) is 64.7 Å². The monoisotopic (exact) mass is 290 g/mol. The number of likely N-dealkylation sites (tertiary alicyclic amines) is 1. The molecule has 0 aliphatic carbocycles. The molecule has 0 aromatic heterocycles. The SMILES string of the molecule is CNC(CCN1CCCC(CO)C1)c1cc(C)cc(C)c1. The number of piperidine rings is 1. The van der Waals surface area contributed by atoms with Crippen LogP contribution in [0.4, 0.5) is 0 Å². The average Bonchev–Trinajstić information content (AvgIpc) is 2.47. The normalized spacial score (nSPS) is 21.4. The molecule has 2 rings (SSSR count). The Kier molecular flexibility index (Phi) is 6.22. The molecule has 2 N–H and O–H groups in total. The van der Waals surface area contributed by atoms with Gasteiger partial charge in [-0.25, -0.2) is 0 Å². The lowest BCUT2D eigenvalue weighted by atomic mass is 9.96. The van der Waals surface area contributed by atoms with Crippen LogP contribution in [-0.2, 0) is 0 Å². The third-order valence-corrected chi connectivity index (χ3v) is 4.59. The van der Waals surface area contributed by atoms with Crippen LogP contribution in [0.3, 0.4) is 0 Å². The van der Waals surface area contributed by atoms with Crippen molar-refractivity contribution >= 4 is 0 Å². The lowest BCUT2D eigenvalue weighted by Crippen LogP contribution is -2.38. The van der Waals surface area contributed by atoms with Gasteiger partial charge in [0.2, 0.25) is 0 Å². The number of benzene rings is 1. The van der Waals surface area contributed by atoms with E-state index < -0.39 is 0 Å². The molecule has 0 radical (unpaired) electrons. The van der Waals surface area contributed by atoms with Gasteiger partial charge in [-0.2, -0.15) is 0 Å². The van der Waals surface area contributed by atoms with E-state index in [1.165, 1.54) is 36.1 Å². The second-order valence-electron chi connectivity index (χ2n) is 6.54. The summed E-state index contributed by atoms with van der Waals surface area (Å²) < 4.78 is 0. The van der Waals surface area contributed by atoms with Gasteiger partial charge in [0.05, 0.1) is 0 Å². The van der Waals surface area contributed by atoms with Crippen molar-refractivity contribution in [2.75, 3.05) is 33.3 Å². The first kappa shape index (κ1) is 16.5. The maximum Gasteiger partial charge on any atom is 0.0471 e. The fourth-order valence-electron chi connectivity index (χ4n) is 3.50. The van der Waals surface area contributed by atoms with E-state index in [0.29, 0.717) is 18.6 Å². The van der Waals surface area contributed by atoms with E-state index in [1.807, 2.05) is 0 Å². The molecule has 0 spiro atoms. The number of hydrogen-bond donors (Lipinski definition) is 2. The van der Waals surface area contributed by atoms with E-state index in [9.17, 15) is 5.11 Å². The first-order valence-corrected chi connectivity index (χ1v) is 8.21. The molecular weight excluding hydrogens is 260 g/mol. The van der Waals surface area contributed by atoms with Gasteiger partial charge >= 0.3 is 0 Å². The van der Waals surface area contributed by atoms with Crippen molar-refractivity contribution in [3.63, 3.8) is 0 Å². The zero-order chi connectivity index (χ0) is 15.2. The molecule has 1 aromatic rings. The summed E-state index contributed by atoms with van der Waals surface area (Å²) in [7, 11) is 2.05. The van der Waals surface area contributed by atoms with Crippen molar-refractivity contribution in [1.82, 2.24) is 10.2 Å². The Balaban J connectivity index is 1.93. The molecule has 1 heterocycles. The molecule has 1 aliphatic rings. The summed E-state index contributed by atoms with van der Waals surface area (Å²) in [6.07, 6.45) is 3.52. The minimum atomic E-state index is 0.336. The van der Waals surface area contributed by atoms with E-state index in [-0.39, 0.29) is 0 Å². The van der Waals surface area contributed by atoms with Gasteiger partial charge < -0.3 is 15.3 Å². The highest BCUT2D eigenvalue weighted by molar-refractivity contribution is 5.30. The third-order valence-electron chi connectivity index (χ3n) is 4.59. The summed E-state index contributed by atoms with van der Waals surface area (Å²) in [6.45, 7) is 8.01. The van der Waals surface area contributed by atoms with E-state index in [2.05, 4.69) is 49.3 Å². The highest BCUT2D eigenvalue weighted by atomic mass is 16.3. The van der Waals surface area contributed by atoms with Gasteiger partial charge in [-0.15, -0.1) is 0 Å². The van der Waals surface area contributed by atoms with E-state index in [0.717, 1.165) is 19.5 Å². The maximum absolute atomic E-state index is 9.33. The summed E-state index contributed by atoms with van der Waals surface area (Å²) in [4.78, 5) is 2.51. The lowest BCUT2D eigenvalue weighted by molar-refractivity contribution is 0.117. The molecule has 1 aromatic carbocycles. The first-order valence-electron chi connectivity index (χ1n) is 8.21. The summed E-state index contributed by atoms with van der Waals surface area (Å²) in [5.41, 5.74) is 4.07. The van der Waals surface area contributed by atoms with Gasteiger partial charge in [0.15, 0.2) is 0 Å². The predicted octanol–water partition coefficient (Wildman–Crippen LogP) is 2.66. The molecule has 0 saturated carbocycles. The van der Waals surface area contributed by atoms with Crippen molar-refractivity contribution in [2.45, 2.75) is 39.2 Å². The van der Waals surface area contributed by atoms with E-state index in [1.54, 1.807) is 0 Å². The fourth-order valence-corrected chi connectivity index (χ4v) is 3.50. The van der Waals surface area contributed by atoms with Crippen LogP contribution in [0.25, 0.3) is 0 Å². The summed E-state index contributed by atoms with van der Waals surface area (Å²) in [5, 5.41) is 12.8. The maximum atomic E-state index is 9.33. The molecule has 118 valence electrons. The predicted molar refractivity (Wildman–Crippen MR) is 88.6 cm³/mol. The van der Waals surface area contributed by atoms with Gasteiger partial charge in [-0.3, -0.25) is 0 Å². The van der Waals surface area contributed by atoms with Crippen LogP contribution in [0.1, 0.15) is 42.0 Å². The van der Waals surface area contributed by atoms with Crippen LogP contribution in [0.15, 0.2) is 18.2 Å². The molecule has 21 heavy (non-hydrogen) atoms. The van der Waals surface area contributed by atoms with E-state index in [4.69, 9.17) is 0 Å². The molecule has 0 bridgehead atoms. The fraction of sp³-hybridized carbons (Fsp3) is 0.667. The Bertz CT molecular complexity index is 427. The molecule has 2 unspecified atom stereocenters. The smallest absolute Gasteiger partial charge is 0.0471 e. The molecule has 3 nitrogen and oxygen atoms in total. The van der Waals surface area contributed by atoms with Crippen LogP contribution in [-0.4, -0.2) is 43.3 Å². The molecule has 1 fully saturated rings. The number of rotatable bonds is 6. The van der Waals surface area contributed by atoms with Crippen molar-refractivity contribution in [1.29, 1.82) is 0 Å². The van der Waals surface area contributed by atoms with Gasteiger partial charge in [-0.1, -0.05) is 29.3 Å². The highest BCUT2D eigenvalue weighted by Crippen LogP contribution is 2.22. The second kappa shape index (κ2) is 7.92. The number of aliphatic hydroxyl groups excluding tert-OH is 1. The quantitative estimate of drug-likeness (QED) is 0.845. The average molecular weight is 290 g/mol. The van der Waals surface area contributed by atoms with Crippen molar-refractivity contribution in [3.05, 3.63) is 34.9 Å². The Morgan fingerprint density at radius 2 is 2.00 bits per heavy atom. The Hall–Kier alpha value is -0.900. The Labute approximate surface area is 129 Å². The number of nitrogens with one attached hydrogen (secondary N) is 1. The molecule has 3 heteroatoms. The van der Waals surface area contributed by atoms with Crippen LogP contribution in [0, 0.1) is 19.8 Å². The topological polar surface area (TPSA) is 35.5 Å². The zero-order valence-corrected chi connectivity index (χ0v) is 13.7. The Morgan fingerprint density at radius 3 is 2.62 bits per heavy atom. The molecule has 2 atom stereocenters. The largest absolute Gasteiger partial charge is 0.396 e. The van der Waals surface area contributed by atoms with Crippen LogP contribution >= 0.6 is 0 Å². The minimum absolute atomic E-state index is 0.336. The number of hydrogen-bond acceptors (Lipinski definition) is 3. The third kappa shape index (κ3) is 4.80. The van der Waals surface area contributed by atoms with Crippen molar-refractivity contribution in [2.24, 2.45) is 5.92 Å². The number of nitrogens with zero attached hydrogens (tertiary/aromatic N) is 1. The van der Waals surface area contributed by atoms with Crippen LogP contribution in [0.2, 0.25) is 0 Å². The Morgan fingerprint density at radius 1 is 1.29 bits per heavy atom. The summed E-state index contributed by atoms with van der Waals surface area (Å²) >= 11 is 0. The molecular formula is C18H30N2O. The standard InChI is InChI=1S/C18H30N2O/c1-14-9-15(2)11-17(10-14)18(19-3)6-8-20-7-4-5-16(12-20)13-21/h9-11,16,18-19,21H,4-8,12-13H2,1-3H3. The second-order valence-corrected chi connectivity index (χ2v) is 6.54. The van der Waals surface area contributed by atoms with Crippen molar-refractivity contribution < 1.29 is 5.11 Å². The zero-order valence-electron chi connectivity index (χ0n) is 13.7. The van der Waals surface area contributed by atoms with Gasteiger partial charge in [0, 0.05) is 19.2 Å². The molecule has 0 amide bonds. The molecule has 1 saturated heterocycles. The van der Waals surface area contributed by atoms with Crippen molar-refractivity contribution in [3.8, 4) is 0 Å². The van der Waals surface area contributed by atoms with Gasteiger partial charge in [0.1, 0.15) is 0 Å². The summed E-state index contributed by atoms with van der Waals surface area (Å²) in [6, 6.07) is 7.23. The summed E-state index contributed by atoms with van der Waals surface area (Å²) in [5.74, 6) is 0.480. The number of aliphatic hydroxyl groups is 1. The van der Waals surface area contributed by atoms with Gasteiger partial charge in [0.25, 0.3) is 0 Å². The van der Waals surface area contributed by atoms with Crippen LogP contribution in [0.5, 0.6) is 0 Å². The first-order chi connectivity index (χ1) is 10.1. The lowest BCUT2D eigenvalue weighted by Gasteiger charge is -2.32. The molecule has 1 aliphatic heterocycles. The minimum Gasteiger partial charge on any atom is -0.396 e. The van der Waals surface area contributed by atoms with Crippen LogP contribution < -0.4 is 5.32 Å².